The van der Waals surface area contributed by atoms with Crippen LogP contribution in [0.25, 0.3) is 0 Å². The third-order valence-corrected chi connectivity index (χ3v) is 4.36. The van der Waals surface area contributed by atoms with Gasteiger partial charge >= 0.3 is 0 Å². The van der Waals surface area contributed by atoms with Gasteiger partial charge in [-0.15, -0.1) is 0 Å². The van der Waals surface area contributed by atoms with Crippen molar-refractivity contribution < 1.29 is 4.74 Å². The molecule has 2 unspecified atom stereocenters. The second-order valence-electron chi connectivity index (χ2n) is 5.52. The van der Waals surface area contributed by atoms with Crippen LogP contribution in [0.1, 0.15) is 51.9 Å². The molecule has 0 aromatic heterocycles. The zero-order valence-corrected chi connectivity index (χ0v) is 10.7. The van der Waals surface area contributed by atoms with E-state index in [0.29, 0.717) is 6.04 Å². The van der Waals surface area contributed by atoms with Crippen LogP contribution in [0, 0.1) is 11.8 Å². The molecule has 2 aliphatic rings. The van der Waals surface area contributed by atoms with Gasteiger partial charge in [-0.05, 0) is 37.6 Å². The minimum Gasteiger partial charge on any atom is -0.381 e. The molecule has 1 aliphatic carbocycles. The van der Waals surface area contributed by atoms with Gasteiger partial charge in [0, 0.05) is 12.6 Å². The number of nitrogens with one attached hydrogen (secondary N) is 1. The van der Waals surface area contributed by atoms with E-state index in [0.717, 1.165) is 31.6 Å². The molecule has 2 rings (SSSR count). The zero-order valence-electron chi connectivity index (χ0n) is 10.7. The first-order valence-electron chi connectivity index (χ1n) is 7.21. The van der Waals surface area contributed by atoms with E-state index < -0.39 is 0 Å². The van der Waals surface area contributed by atoms with E-state index in [1.54, 1.807) is 0 Å². The summed E-state index contributed by atoms with van der Waals surface area (Å²) in [6.45, 7) is 5.29. The third-order valence-electron chi connectivity index (χ3n) is 4.36. The molecule has 1 saturated carbocycles. The normalized spacial score (nSPS) is 28.7. The molecule has 0 spiro atoms. The molecule has 0 radical (unpaired) electrons. The number of hydrogen-bond donors (Lipinski definition) is 1. The molecule has 0 aromatic rings. The fourth-order valence-electron chi connectivity index (χ4n) is 3.35. The Hall–Kier alpha value is -0.0800. The average molecular weight is 225 g/mol. The van der Waals surface area contributed by atoms with Gasteiger partial charge in [-0.2, -0.15) is 0 Å². The molecule has 0 bridgehead atoms. The molecule has 2 atom stereocenters. The molecule has 1 aliphatic heterocycles. The van der Waals surface area contributed by atoms with Gasteiger partial charge in [-0.3, -0.25) is 0 Å². The molecular formula is C14H27NO. The van der Waals surface area contributed by atoms with Gasteiger partial charge in [-0.25, -0.2) is 0 Å². The molecule has 2 nitrogen and oxygen atoms in total. The monoisotopic (exact) mass is 225 g/mol. The molecule has 2 fully saturated rings. The van der Waals surface area contributed by atoms with E-state index in [-0.39, 0.29) is 0 Å². The minimum atomic E-state index is 0.716. The van der Waals surface area contributed by atoms with Gasteiger partial charge in [0.05, 0.1) is 6.61 Å². The predicted molar refractivity (Wildman–Crippen MR) is 67.6 cm³/mol. The summed E-state index contributed by atoms with van der Waals surface area (Å²) in [5.74, 6) is 1.81. The smallest absolute Gasteiger partial charge is 0.0510 e. The van der Waals surface area contributed by atoms with Gasteiger partial charge < -0.3 is 10.1 Å². The Morgan fingerprint density at radius 2 is 2.06 bits per heavy atom. The second-order valence-corrected chi connectivity index (χ2v) is 5.52. The standard InChI is InChI=1S/C14H27NO/c1-2-15-14(13-9-10-16-11-13)8-7-12-5-3-4-6-12/h12-15H,2-11H2,1H3. The molecule has 1 N–H and O–H groups in total. The molecular weight excluding hydrogens is 198 g/mol. The maximum absolute atomic E-state index is 5.52. The van der Waals surface area contributed by atoms with Gasteiger partial charge in [0.15, 0.2) is 0 Å². The number of rotatable bonds is 6. The fourth-order valence-corrected chi connectivity index (χ4v) is 3.35. The van der Waals surface area contributed by atoms with Crippen LogP contribution >= 0.6 is 0 Å². The highest BCUT2D eigenvalue weighted by Gasteiger charge is 2.26. The predicted octanol–water partition coefficient (Wildman–Crippen LogP) is 2.97. The summed E-state index contributed by atoms with van der Waals surface area (Å²) < 4.78 is 5.52. The van der Waals surface area contributed by atoms with Crippen molar-refractivity contribution >= 4 is 0 Å². The van der Waals surface area contributed by atoms with Crippen LogP contribution in [-0.4, -0.2) is 25.8 Å². The maximum atomic E-state index is 5.52. The molecule has 0 aromatic carbocycles. The Kier molecular flexibility index (Phi) is 5.11. The van der Waals surface area contributed by atoms with E-state index in [1.807, 2.05) is 0 Å². The summed E-state index contributed by atoms with van der Waals surface area (Å²) in [6.07, 6.45) is 10.00. The largest absolute Gasteiger partial charge is 0.381 e. The van der Waals surface area contributed by atoms with E-state index in [2.05, 4.69) is 12.2 Å². The topological polar surface area (TPSA) is 21.3 Å². The summed E-state index contributed by atoms with van der Waals surface area (Å²) in [5.41, 5.74) is 0. The average Bonchev–Trinajstić information content (AvgIpc) is 2.96. The van der Waals surface area contributed by atoms with Crippen LogP contribution < -0.4 is 5.32 Å². The van der Waals surface area contributed by atoms with Crippen molar-refractivity contribution in [3.8, 4) is 0 Å². The lowest BCUT2D eigenvalue weighted by Crippen LogP contribution is -2.36. The highest BCUT2D eigenvalue weighted by atomic mass is 16.5. The highest BCUT2D eigenvalue weighted by Crippen LogP contribution is 2.30. The lowest BCUT2D eigenvalue weighted by molar-refractivity contribution is 0.174. The summed E-state index contributed by atoms with van der Waals surface area (Å²) in [4.78, 5) is 0. The van der Waals surface area contributed by atoms with E-state index in [4.69, 9.17) is 4.74 Å². The first-order chi connectivity index (χ1) is 7.90. The van der Waals surface area contributed by atoms with Gasteiger partial charge in [0.1, 0.15) is 0 Å². The summed E-state index contributed by atoms with van der Waals surface area (Å²) in [6, 6.07) is 0.716. The van der Waals surface area contributed by atoms with Gasteiger partial charge in [-0.1, -0.05) is 32.6 Å². The van der Waals surface area contributed by atoms with Crippen LogP contribution in [-0.2, 0) is 4.74 Å². The Morgan fingerprint density at radius 3 is 2.69 bits per heavy atom. The van der Waals surface area contributed by atoms with Crippen LogP contribution in [0.3, 0.4) is 0 Å². The first-order valence-corrected chi connectivity index (χ1v) is 7.21. The van der Waals surface area contributed by atoms with Crippen LogP contribution in [0.5, 0.6) is 0 Å². The summed E-state index contributed by atoms with van der Waals surface area (Å²) in [7, 11) is 0. The molecule has 1 saturated heterocycles. The quantitative estimate of drug-likeness (QED) is 0.750. The van der Waals surface area contributed by atoms with Gasteiger partial charge in [0.25, 0.3) is 0 Å². The maximum Gasteiger partial charge on any atom is 0.0510 e. The zero-order chi connectivity index (χ0) is 11.2. The summed E-state index contributed by atoms with van der Waals surface area (Å²) in [5, 5.41) is 3.67. The molecule has 16 heavy (non-hydrogen) atoms. The van der Waals surface area contributed by atoms with E-state index >= 15 is 0 Å². The molecule has 2 heteroatoms. The third kappa shape index (κ3) is 3.46. The minimum absolute atomic E-state index is 0.716. The van der Waals surface area contributed by atoms with Crippen molar-refractivity contribution in [1.29, 1.82) is 0 Å². The van der Waals surface area contributed by atoms with Crippen molar-refractivity contribution in [2.45, 2.75) is 57.9 Å². The van der Waals surface area contributed by atoms with Crippen molar-refractivity contribution in [3.05, 3.63) is 0 Å². The molecule has 1 heterocycles. The Morgan fingerprint density at radius 1 is 1.25 bits per heavy atom. The van der Waals surface area contributed by atoms with Crippen LogP contribution in [0.4, 0.5) is 0 Å². The van der Waals surface area contributed by atoms with Crippen molar-refractivity contribution in [3.63, 3.8) is 0 Å². The van der Waals surface area contributed by atoms with Crippen molar-refractivity contribution in [1.82, 2.24) is 5.32 Å². The summed E-state index contributed by atoms with van der Waals surface area (Å²) >= 11 is 0. The van der Waals surface area contributed by atoms with Crippen LogP contribution in [0.15, 0.2) is 0 Å². The van der Waals surface area contributed by atoms with Gasteiger partial charge in [0.2, 0.25) is 0 Å². The highest BCUT2D eigenvalue weighted by molar-refractivity contribution is 4.80. The molecule has 94 valence electrons. The second kappa shape index (κ2) is 6.61. The van der Waals surface area contributed by atoms with E-state index in [1.165, 1.54) is 44.9 Å². The SMILES string of the molecule is CCNC(CCC1CCCC1)C1CCOC1. The lowest BCUT2D eigenvalue weighted by Gasteiger charge is -2.24. The van der Waals surface area contributed by atoms with E-state index in [9.17, 15) is 0 Å². The molecule has 0 amide bonds. The first kappa shape index (κ1) is 12.4. The number of hydrogen-bond acceptors (Lipinski definition) is 2. The fraction of sp³-hybridized carbons (Fsp3) is 1.00. The van der Waals surface area contributed by atoms with Crippen molar-refractivity contribution in [2.75, 3.05) is 19.8 Å². The number of ether oxygens (including phenoxy) is 1. The lowest BCUT2D eigenvalue weighted by atomic mass is 9.90. The van der Waals surface area contributed by atoms with Crippen molar-refractivity contribution in [2.24, 2.45) is 11.8 Å². The van der Waals surface area contributed by atoms with Crippen LogP contribution in [0.2, 0.25) is 0 Å². The Bertz CT molecular complexity index is 183. The Balaban J connectivity index is 1.72. The Labute approximate surface area is 100 Å².